The Hall–Kier alpha value is -3.23. The Morgan fingerprint density at radius 3 is 2.68 bits per heavy atom. The second-order valence-corrected chi connectivity index (χ2v) is 8.98. The fourth-order valence-electron chi connectivity index (χ4n) is 3.47. The first-order chi connectivity index (χ1) is 15.2. The third-order valence-electron chi connectivity index (χ3n) is 4.92. The van der Waals surface area contributed by atoms with Crippen LogP contribution < -0.4 is 5.56 Å². The van der Waals surface area contributed by atoms with Crippen molar-refractivity contribution in [3.05, 3.63) is 99.4 Å². The normalized spacial score (nSPS) is 11.3. The van der Waals surface area contributed by atoms with Gasteiger partial charge >= 0.3 is 0 Å². The number of benzene rings is 1. The molecule has 5 rings (SSSR count). The zero-order valence-electron chi connectivity index (χ0n) is 16.8. The largest absolute Gasteiger partial charge is 0.297 e. The average Bonchev–Trinajstić information content (AvgIpc) is 3.43. The number of hydrogen-bond donors (Lipinski definition) is 0. The van der Waals surface area contributed by atoms with Crippen molar-refractivity contribution >= 4 is 28.7 Å². The average molecular weight is 446 g/mol. The van der Waals surface area contributed by atoms with Crippen LogP contribution in [0.4, 0.5) is 0 Å². The van der Waals surface area contributed by atoms with Crippen molar-refractivity contribution < 1.29 is 0 Å². The summed E-state index contributed by atoms with van der Waals surface area (Å²) in [7, 11) is 0. The van der Waals surface area contributed by atoms with Crippen molar-refractivity contribution in [3.8, 4) is 10.7 Å². The van der Waals surface area contributed by atoms with E-state index in [1.165, 1.54) is 5.56 Å². The number of fused-ring (bicyclic) bond motifs is 1. The van der Waals surface area contributed by atoms with Gasteiger partial charge in [-0.05, 0) is 36.1 Å². The van der Waals surface area contributed by atoms with Crippen molar-refractivity contribution in [2.45, 2.75) is 24.4 Å². The van der Waals surface area contributed by atoms with Gasteiger partial charge in [0.15, 0.2) is 11.0 Å². The summed E-state index contributed by atoms with van der Waals surface area (Å²) in [6.07, 6.45) is 0. The summed E-state index contributed by atoms with van der Waals surface area (Å²) in [4.78, 5) is 18.3. The highest BCUT2D eigenvalue weighted by Gasteiger charge is 2.16. The zero-order valence-corrected chi connectivity index (χ0v) is 18.4. The van der Waals surface area contributed by atoms with E-state index in [9.17, 15) is 4.79 Å². The summed E-state index contributed by atoms with van der Waals surface area (Å²) < 4.78 is 3.75. The Kier molecular flexibility index (Phi) is 5.40. The number of pyridine rings is 1. The molecule has 154 valence electrons. The third-order valence-corrected chi connectivity index (χ3v) is 6.79. The van der Waals surface area contributed by atoms with Crippen LogP contribution in [-0.2, 0) is 12.3 Å². The molecule has 0 radical (unpaired) electrons. The lowest BCUT2D eigenvalue weighted by atomic mass is 10.2. The Morgan fingerprint density at radius 2 is 1.87 bits per heavy atom. The van der Waals surface area contributed by atoms with Crippen molar-refractivity contribution in [1.82, 2.24) is 24.1 Å². The number of aromatic nitrogens is 5. The van der Waals surface area contributed by atoms with E-state index in [0.29, 0.717) is 17.9 Å². The van der Waals surface area contributed by atoms with Gasteiger partial charge in [0.2, 0.25) is 0 Å². The summed E-state index contributed by atoms with van der Waals surface area (Å²) in [5, 5.41) is 11.8. The van der Waals surface area contributed by atoms with Gasteiger partial charge in [-0.3, -0.25) is 13.8 Å². The van der Waals surface area contributed by atoms with Crippen LogP contribution in [0.3, 0.4) is 0 Å². The number of rotatable bonds is 6. The summed E-state index contributed by atoms with van der Waals surface area (Å²) in [5.74, 6) is 1.39. The fraction of sp³-hybridized carbons (Fsp3) is 0.130. The minimum absolute atomic E-state index is 0.0660. The van der Waals surface area contributed by atoms with Crippen molar-refractivity contribution in [2.24, 2.45) is 0 Å². The molecule has 0 N–H and O–H groups in total. The highest BCUT2D eigenvalue weighted by Crippen LogP contribution is 2.29. The van der Waals surface area contributed by atoms with Gasteiger partial charge in [-0.15, -0.1) is 21.5 Å². The van der Waals surface area contributed by atoms with Gasteiger partial charge in [-0.25, -0.2) is 4.98 Å². The molecule has 5 aromatic rings. The number of thiophene rings is 1. The first-order valence-corrected chi connectivity index (χ1v) is 11.7. The Bertz CT molecular complexity index is 1390. The van der Waals surface area contributed by atoms with Crippen LogP contribution in [0, 0.1) is 6.92 Å². The second-order valence-electron chi connectivity index (χ2n) is 7.09. The van der Waals surface area contributed by atoms with Crippen LogP contribution in [0.1, 0.15) is 17.0 Å². The van der Waals surface area contributed by atoms with E-state index >= 15 is 0 Å². The third kappa shape index (κ3) is 4.04. The van der Waals surface area contributed by atoms with Crippen LogP contribution in [0.25, 0.3) is 16.3 Å². The number of hydrogen-bond acceptors (Lipinski definition) is 6. The number of aryl methyl sites for hydroxylation is 1. The standard InChI is InChI=1S/C23H19N5OS2/c1-16-7-5-11-20-24-18(13-21(29)28(16)20)15-31-23-26-25-22(19-10-6-12-30-19)27(23)14-17-8-3-2-4-9-17/h2-13H,14-15H2,1H3. The molecule has 0 spiro atoms. The molecule has 0 aliphatic rings. The number of thioether (sulfide) groups is 1. The molecule has 6 nitrogen and oxygen atoms in total. The van der Waals surface area contributed by atoms with Crippen LogP contribution in [0.5, 0.6) is 0 Å². The Labute approximate surface area is 187 Å². The van der Waals surface area contributed by atoms with Gasteiger partial charge < -0.3 is 0 Å². The highest BCUT2D eigenvalue weighted by molar-refractivity contribution is 7.98. The molecule has 0 saturated carbocycles. The molecule has 4 aromatic heterocycles. The smallest absolute Gasteiger partial charge is 0.258 e. The van der Waals surface area contributed by atoms with E-state index in [4.69, 9.17) is 0 Å². The molecule has 0 fully saturated rings. The van der Waals surface area contributed by atoms with E-state index < -0.39 is 0 Å². The summed E-state index contributed by atoms with van der Waals surface area (Å²) >= 11 is 3.19. The maximum Gasteiger partial charge on any atom is 0.258 e. The SMILES string of the molecule is Cc1cccc2nc(CSc3nnc(-c4cccs4)n3Cc3ccccc3)cc(=O)n12. The van der Waals surface area contributed by atoms with Crippen LogP contribution in [0.2, 0.25) is 0 Å². The minimum atomic E-state index is -0.0660. The monoisotopic (exact) mass is 445 g/mol. The topological polar surface area (TPSA) is 65.1 Å². The Morgan fingerprint density at radius 1 is 1.00 bits per heavy atom. The molecule has 1 aromatic carbocycles. The maximum atomic E-state index is 12.6. The van der Waals surface area contributed by atoms with Gasteiger partial charge in [0, 0.05) is 17.5 Å². The van der Waals surface area contributed by atoms with Crippen molar-refractivity contribution in [1.29, 1.82) is 0 Å². The quantitative estimate of drug-likeness (QED) is 0.356. The fourth-order valence-corrected chi connectivity index (χ4v) is 5.02. The van der Waals surface area contributed by atoms with E-state index in [-0.39, 0.29) is 5.56 Å². The lowest BCUT2D eigenvalue weighted by Crippen LogP contribution is -2.17. The highest BCUT2D eigenvalue weighted by atomic mass is 32.2. The molecule has 0 atom stereocenters. The van der Waals surface area contributed by atoms with E-state index in [1.54, 1.807) is 33.6 Å². The van der Waals surface area contributed by atoms with E-state index in [2.05, 4.69) is 37.9 Å². The molecule has 31 heavy (non-hydrogen) atoms. The molecule has 8 heteroatoms. The molecule has 0 aliphatic carbocycles. The van der Waals surface area contributed by atoms with E-state index in [1.807, 2.05) is 54.8 Å². The van der Waals surface area contributed by atoms with Crippen molar-refractivity contribution in [2.75, 3.05) is 0 Å². The maximum absolute atomic E-state index is 12.6. The number of nitrogens with zero attached hydrogens (tertiary/aromatic N) is 5. The Balaban J connectivity index is 1.47. The molecular formula is C23H19N5OS2. The first-order valence-electron chi connectivity index (χ1n) is 9.81. The summed E-state index contributed by atoms with van der Waals surface area (Å²) in [5.41, 5.74) is 3.38. The lowest BCUT2D eigenvalue weighted by molar-refractivity contribution is 0.715. The van der Waals surface area contributed by atoms with Gasteiger partial charge in [0.25, 0.3) is 5.56 Å². The van der Waals surface area contributed by atoms with Crippen LogP contribution >= 0.6 is 23.1 Å². The molecule has 0 bridgehead atoms. The van der Waals surface area contributed by atoms with Gasteiger partial charge in [0.05, 0.1) is 17.1 Å². The summed E-state index contributed by atoms with van der Waals surface area (Å²) in [6.45, 7) is 2.58. The molecule has 0 amide bonds. The predicted molar refractivity (Wildman–Crippen MR) is 125 cm³/mol. The second kappa shape index (κ2) is 8.49. The zero-order chi connectivity index (χ0) is 21.2. The van der Waals surface area contributed by atoms with Crippen molar-refractivity contribution in [3.63, 3.8) is 0 Å². The minimum Gasteiger partial charge on any atom is -0.297 e. The van der Waals surface area contributed by atoms with Gasteiger partial charge in [-0.1, -0.05) is 54.2 Å². The van der Waals surface area contributed by atoms with Crippen LogP contribution in [-0.4, -0.2) is 24.1 Å². The molecule has 0 saturated heterocycles. The molecule has 0 aliphatic heterocycles. The lowest BCUT2D eigenvalue weighted by Gasteiger charge is -2.10. The van der Waals surface area contributed by atoms with Gasteiger partial charge in [0.1, 0.15) is 5.65 Å². The molecule has 4 heterocycles. The summed E-state index contributed by atoms with van der Waals surface area (Å²) in [6, 6.07) is 21.6. The predicted octanol–water partition coefficient (Wildman–Crippen LogP) is 4.66. The first kappa shape index (κ1) is 19.7. The molecular weight excluding hydrogens is 426 g/mol. The molecule has 0 unspecified atom stereocenters. The van der Waals surface area contributed by atoms with Crippen LogP contribution in [0.15, 0.2) is 82.1 Å². The van der Waals surface area contributed by atoms with Gasteiger partial charge in [-0.2, -0.15) is 0 Å². The van der Waals surface area contributed by atoms with E-state index in [0.717, 1.165) is 27.2 Å².